The van der Waals surface area contributed by atoms with Crippen molar-refractivity contribution in [1.29, 1.82) is 0 Å². The Morgan fingerprint density at radius 2 is 1.92 bits per heavy atom. The molecule has 6 nitrogen and oxygen atoms in total. The van der Waals surface area contributed by atoms with Gasteiger partial charge in [0, 0.05) is 41.9 Å². The van der Waals surface area contributed by atoms with Gasteiger partial charge < -0.3 is 11.1 Å². The van der Waals surface area contributed by atoms with Crippen LogP contribution in [0.5, 0.6) is 0 Å². The number of pyridine rings is 2. The zero-order valence-corrected chi connectivity index (χ0v) is 13.1. The maximum Gasteiger partial charge on any atom is 0.131 e. The van der Waals surface area contributed by atoms with Gasteiger partial charge in [0.15, 0.2) is 0 Å². The lowest BCUT2D eigenvalue weighted by atomic mass is 10.1. The highest BCUT2D eigenvalue weighted by Gasteiger charge is 2.05. The summed E-state index contributed by atoms with van der Waals surface area (Å²) < 4.78 is 1.77. The monoisotopic (exact) mass is 316 g/mol. The highest BCUT2D eigenvalue weighted by molar-refractivity contribution is 5.81. The number of nitrogen functional groups attached to an aromatic ring is 1. The predicted octanol–water partition coefficient (Wildman–Crippen LogP) is 3.36. The molecule has 3 aromatic heterocycles. The van der Waals surface area contributed by atoms with Crippen LogP contribution >= 0.6 is 0 Å². The van der Waals surface area contributed by atoms with Gasteiger partial charge in [-0.25, -0.2) is 4.98 Å². The topological polar surface area (TPSA) is 81.7 Å². The zero-order chi connectivity index (χ0) is 16.5. The fraction of sp³-hybridized carbons (Fsp3) is 0.0556. The Labute approximate surface area is 139 Å². The van der Waals surface area contributed by atoms with E-state index in [2.05, 4.69) is 20.4 Å². The number of nitrogens with one attached hydrogen (secondary N) is 1. The maximum absolute atomic E-state index is 5.81. The van der Waals surface area contributed by atoms with E-state index in [9.17, 15) is 0 Å². The van der Waals surface area contributed by atoms with Gasteiger partial charge in [-0.3, -0.25) is 9.67 Å². The molecule has 0 unspecified atom stereocenters. The minimum Gasteiger partial charge on any atom is -0.399 e. The summed E-state index contributed by atoms with van der Waals surface area (Å²) in [5, 5.41) is 7.46. The minimum absolute atomic E-state index is 0.710. The first kappa shape index (κ1) is 14.2. The third-order valence-electron chi connectivity index (χ3n) is 3.73. The summed E-state index contributed by atoms with van der Waals surface area (Å²) in [4.78, 5) is 9.13. The molecule has 0 aliphatic heterocycles. The second-order valence-corrected chi connectivity index (χ2v) is 5.61. The number of fused-ring (bicyclic) bond motifs is 1. The highest BCUT2D eigenvalue weighted by Crippen LogP contribution is 2.23. The van der Waals surface area contributed by atoms with E-state index in [1.807, 2.05) is 68.1 Å². The van der Waals surface area contributed by atoms with Gasteiger partial charge in [0.05, 0.1) is 17.2 Å². The average molecular weight is 316 g/mol. The molecular weight excluding hydrogens is 300 g/mol. The molecule has 6 heteroatoms. The van der Waals surface area contributed by atoms with E-state index in [1.54, 1.807) is 4.68 Å². The third-order valence-corrected chi connectivity index (χ3v) is 3.73. The van der Waals surface area contributed by atoms with Crippen molar-refractivity contribution in [2.75, 3.05) is 11.1 Å². The second-order valence-electron chi connectivity index (χ2n) is 5.61. The van der Waals surface area contributed by atoms with Crippen molar-refractivity contribution in [3.05, 3.63) is 61.1 Å². The Balaban J connectivity index is 1.71. The Kier molecular flexibility index (Phi) is 3.35. The van der Waals surface area contributed by atoms with Crippen LogP contribution in [-0.4, -0.2) is 19.7 Å². The summed E-state index contributed by atoms with van der Waals surface area (Å²) in [5.41, 5.74) is 11.1. The molecule has 0 bridgehead atoms. The number of hydrogen-bond acceptors (Lipinski definition) is 5. The highest BCUT2D eigenvalue weighted by atomic mass is 15.2. The van der Waals surface area contributed by atoms with E-state index >= 15 is 0 Å². The summed E-state index contributed by atoms with van der Waals surface area (Å²) in [6.07, 6.45) is 5.61. The van der Waals surface area contributed by atoms with Gasteiger partial charge in [0.1, 0.15) is 5.82 Å². The quantitative estimate of drug-likeness (QED) is 0.566. The lowest BCUT2D eigenvalue weighted by molar-refractivity contribution is 0.768. The van der Waals surface area contributed by atoms with Crippen LogP contribution in [-0.2, 0) is 7.05 Å². The van der Waals surface area contributed by atoms with Crippen LogP contribution in [0, 0.1) is 0 Å². The van der Waals surface area contributed by atoms with E-state index in [1.165, 1.54) is 0 Å². The Morgan fingerprint density at radius 3 is 2.71 bits per heavy atom. The predicted molar refractivity (Wildman–Crippen MR) is 95.9 cm³/mol. The van der Waals surface area contributed by atoms with Gasteiger partial charge in [-0.15, -0.1) is 0 Å². The van der Waals surface area contributed by atoms with Crippen LogP contribution < -0.4 is 11.1 Å². The smallest absolute Gasteiger partial charge is 0.131 e. The van der Waals surface area contributed by atoms with Crippen LogP contribution in [0.1, 0.15) is 0 Å². The molecule has 0 saturated carbocycles. The van der Waals surface area contributed by atoms with Gasteiger partial charge >= 0.3 is 0 Å². The Bertz CT molecular complexity index is 1020. The van der Waals surface area contributed by atoms with Crippen molar-refractivity contribution in [3.8, 4) is 11.1 Å². The van der Waals surface area contributed by atoms with Crippen molar-refractivity contribution in [1.82, 2.24) is 19.7 Å². The van der Waals surface area contributed by atoms with Gasteiger partial charge in [-0.1, -0.05) is 6.07 Å². The number of rotatable bonds is 3. The van der Waals surface area contributed by atoms with Crippen molar-refractivity contribution in [3.63, 3.8) is 0 Å². The molecule has 3 N–H and O–H groups in total. The van der Waals surface area contributed by atoms with Crippen LogP contribution in [0.25, 0.3) is 22.2 Å². The number of benzene rings is 1. The van der Waals surface area contributed by atoms with Crippen molar-refractivity contribution >= 4 is 28.2 Å². The SMILES string of the molecule is Cn1cc(-c2cnc3ccc(Nc4cccc(N)c4)nc3c2)cn1. The van der Waals surface area contributed by atoms with Gasteiger partial charge in [-0.2, -0.15) is 5.10 Å². The summed E-state index contributed by atoms with van der Waals surface area (Å²) in [6.45, 7) is 0. The average Bonchev–Trinajstić information content (AvgIpc) is 3.01. The van der Waals surface area contributed by atoms with Crippen LogP contribution in [0.15, 0.2) is 61.1 Å². The summed E-state index contributed by atoms with van der Waals surface area (Å²) in [6, 6.07) is 13.4. The first-order chi connectivity index (χ1) is 11.7. The lowest BCUT2D eigenvalue weighted by Crippen LogP contribution is -1.95. The van der Waals surface area contributed by atoms with Crippen LogP contribution in [0.4, 0.5) is 17.2 Å². The minimum atomic E-state index is 0.710. The molecule has 0 amide bonds. The second kappa shape index (κ2) is 5.66. The molecule has 118 valence electrons. The van der Waals surface area contributed by atoms with Crippen molar-refractivity contribution in [2.24, 2.45) is 7.05 Å². The van der Waals surface area contributed by atoms with E-state index in [4.69, 9.17) is 5.73 Å². The standard InChI is InChI=1S/C18H16N6/c1-24-11-13(10-21-24)12-7-17-16(20-9-12)5-6-18(23-17)22-15-4-2-3-14(19)8-15/h2-11H,19H2,1H3,(H,22,23). The van der Waals surface area contributed by atoms with Crippen LogP contribution in [0.3, 0.4) is 0 Å². The van der Waals surface area contributed by atoms with Gasteiger partial charge in [0.2, 0.25) is 0 Å². The van der Waals surface area contributed by atoms with E-state index in [0.29, 0.717) is 5.69 Å². The molecule has 24 heavy (non-hydrogen) atoms. The largest absolute Gasteiger partial charge is 0.399 e. The summed E-state index contributed by atoms with van der Waals surface area (Å²) >= 11 is 0. The molecule has 4 rings (SSSR count). The van der Waals surface area contributed by atoms with Crippen molar-refractivity contribution in [2.45, 2.75) is 0 Å². The zero-order valence-electron chi connectivity index (χ0n) is 13.1. The number of nitrogens with zero attached hydrogens (tertiary/aromatic N) is 4. The molecule has 0 saturated heterocycles. The molecular formula is C18H16N6. The fourth-order valence-corrected chi connectivity index (χ4v) is 2.57. The van der Waals surface area contributed by atoms with Gasteiger partial charge in [-0.05, 0) is 36.4 Å². The molecule has 3 heterocycles. The summed E-state index contributed by atoms with van der Waals surface area (Å²) in [5.74, 6) is 0.748. The number of hydrogen-bond donors (Lipinski definition) is 2. The third kappa shape index (κ3) is 2.77. The molecule has 4 aromatic rings. The number of anilines is 3. The van der Waals surface area contributed by atoms with Gasteiger partial charge in [0.25, 0.3) is 0 Å². The molecule has 0 spiro atoms. The number of aromatic nitrogens is 4. The van der Waals surface area contributed by atoms with E-state index in [-0.39, 0.29) is 0 Å². The summed E-state index contributed by atoms with van der Waals surface area (Å²) in [7, 11) is 1.89. The number of nitrogens with two attached hydrogens (primary N) is 1. The Morgan fingerprint density at radius 1 is 1.00 bits per heavy atom. The normalized spacial score (nSPS) is 10.9. The molecule has 1 aromatic carbocycles. The molecule has 0 fully saturated rings. The first-order valence-electron chi connectivity index (χ1n) is 7.56. The maximum atomic E-state index is 5.81. The molecule has 0 atom stereocenters. The first-order valence-corrected chi connectivity index (χ1v) is 7.56. The molecule has 0 aliphatic carbocycles. The van der Waals surface area contributed by atoms with E-state index in [0.717, 1.165) is 33.7 Å². The lowest BCUT2D eigenvalue weighted by Gasteiger charge is -2.07. The Hall–Kier alpha value is -3.41. The van der Waals surface area contributed by atoms with E-state index < -0.39 is 0 Å². The fourth-order valence-electron chi connectivity index (χ4n) is 2.57. The molecule has 0 aliphatic rings. The number of aryl methyl sites for hydroxylation is 1. The molecule has 0 radical (unpaired) electrons. The van der Waals surface area contributed by atoms with Crippen molar-refractivity contribution < 1.29 is 0 Å². The van der Waals surface area contributed by atoms with Crippen LogP contribution in [0.2, 0.25) is 0 Å².